The lowest BCUT2D eigenvalue weighted by molar-refractivity contribution is -0.116. The van der Waals surface area contributed by atoms with E-state index in [1.165, 1.54) is 6.08 Å². The molecule has 2 heterocycles. The molecule has 0 saturated carbocycles. The number of nitrogens with zero attached hydrogens (tertiary/aromatic N) is 3. The number of fused-ring (bicyclic) bond motifs is 1. The van der Waals surface area contributed by atoms with E-state index in [-0.39, 0.29) is 5.91 Å². The first-order valence-electron chi connectivity index (χ1n) is 7.62. The molecule has 0 atom stereocenters. The van der Waals surface area contributed by atoms with Gasteiger partial charge in [-0.25, -0.2) is 4.98 Å². The predicted molar refractivity (Wildman–Crippen MR) is 94.3 cm³/mol. The van der Waals surface area contributed by atoms with E-state index < -0.39 is 0 Å². The van der Waals surface area contributed by atoms with Gasteiger partial charge in [0.25, 0.3) is 0 Å². The first-order valence-corrected chi connectivity index (χ1v) is 7.62. The van der Waals surface area contributed by atoms with Crippen LogP contribution in [0.3, 0.4) is 0 Å². The van der Waals surface area contributed by atoms with Crippen LogP contribution in [0.15, 0.2) is 61.2 Å². The Kier molecular flexibility index (Phi) is 5.09. The molecule has 0 spiro atoms. The topological polar surface area (TPSA) is 79.8 Å². The quantitative estimate of drug-likeness (QED) is 0.538. The number of carbonyl (C=O) groups excluding carboxylic acids is 1. The van der Waals surface area contributed by atoms with E-state index in [1.54, 1.807) is 30.9 Å². The lowest BCUT2D eigenvalue weighted by atomic mass is 10.1. The van der Waals surface area contributed by atoms with E-state index in [1.807, 2.05) is 30.3 Å². The van der Waals surface area contributed by atoms with Crippen molar-refractivity contribution in [3.63, 3.8) is 0 Å². The highest BCUT2D eigenvalue weighted by Crippen LogP contribution is 2.16. The molecule has 6 heteroatoms. The molecule has 1 amide bonds. The number of carbonyl (C=O) groups is 1. The van der Waals surface area contributed by atoms with Crippen molar-refractivity contribution >= 4 is 28.7 Å². The van der Waals surface area contributed by atoms with E-state index in [0.29, 0.717) is 18.9 Å². The largest absolute Gasteiger partial charge is 0.367 e. The number of rotatable bonds is 6. The minimum absolute atomic E-state index is 0.149. The Morgan fingerprint density at radius 2 is 1.96 bits per heavy atom. The lowest BCUT2D eigenvalue weighted by Gasteiger charge is -2.05. The maximum absolute atomic E-state index is 11.9. The standard InChI is InChI=1S/C18H17N5O/c24-17(22-12-11-21-16-13-19-9-10-20-16)7-6-15-4-1-3-14-5-2-8-23-18(14)15/h1-10,13H,11-12H2,(H,20,21)(H,22,24)/b7-6+. The number of amides is 1. The normalized spacial score (nSPS) is 10.8. The van der Waals surface area contributed by atoms with Crippen molar-refractivity contribution < 1.29 is 4.79 Å². The van der Waals surface area contributed by atoms with Gasteiger partial charge in [0.2, 0.25) is 5.91 Å². The smallest absolute Gasteiger partial charge is 0.244 e. The zero-order valence-electron chi connectivity index (χ0n) is 13.0. The molecule has 2 aromatic heterocycles. The summed E-state index contributed by atoms with van der Waals surface area (Å²) in [6.45, 7) is 1.07. The van der Waals surface area contributed by atoms with Crippen LogP contribution in [-0.2, 0) is 4.79 Å². The third-order valence-electron chi connectivity index (χ3n) is 3.37. The summed E-state index contributed by atoms with van der Waals surface area (Å²) in [7, 11) is 0. The maximum atomic E-state index is 11.9. The molecule has 0 aliphatic rings. The molecule has 0 aliphatic heterocycles. The SMILES string of the molecule is O=C(/C=C/c1cccc2cccnc12)NCCNc1cnccn1. The van der Waals surface area contributed by atoms with Crippen LogP contribution in [0.1, 0.15) is 5.56 Å². The molecule has 0 bridgehead atoms. The Bertz CT molecular complexity index is 843. The molecule has 1 aromatic carbocycles. The van der Waals surface area contributed by atoms with Crippen molar-refractivity contribution in [1.29, 1.82) is 0 Å². The highest BCUT2D eigenvalue weighted by Gasteiger charge is 2.00. The van der Waals surface area contributed by atoms with E-state index in [0.717, 1.165) is 16.5 Å². The third kappa shape index (κ3) is 4.13. The van der Waals surface area contributed by atoms with E-state index in [2.05, 4.69) is 25.6 Å². The minimum Gasteiger partial charge on any atom is -0.367 e. The summed E-state index contributed by atoms with van der Waals surface area (Å²) in [4.78, 5) is 24.3. The molecule has 6 nitrogen and oxygen atoms in total. The number of anilines is 1. The maximum Gasteiger partial charge on any atom is 0.244 e. The molecule has 0 aliphatic carbocycles. The van der Waals surface area contributed by atoms with Gasteiger partial charge in [0, 0.05) is 48.7 Å². The molecule has 0 unspecified atom stereocenters. The van der Waals surface area contributed by atoms with Crippen LogP contribution in [-0.4, -0.2) is 33.9 Å². The molecule has 0 saturated heterocycles. The van der Waals surface area contributed by atoms with Gasteiger partial charge >= 0.3 is 0 Å². The van der Waals surface area contributed by atoms with Crippen LogP contribution in [0.4, 0.5) is 5.82 Å². The minimum atomic E-state index is -0.149. The fourth-order valence-corrected chi connectivity index (χ4v) is 2.25. The summed E-state index contributed by atoms with van der Waals surface area (Å²) in [5.41, 5.74) is 1.80. The highest BCUT2D eigenvalue weighted by molar-refractivity contribution is 5.95. The summed E-state index contributed by atoms with van der Waals surface area (Å²) in [6, 6.07) is 9.78. The number of hydrogen-bond acceptors (Lipinski definition) is 5. The number of benzene rings is 1. The van der Waals surface area contributed by atoms with Gasteiger partial charge in [0.15, 0.2) is 0 Å². The number of pyridine rings is 1. The summed E-state index contributed by atoms with van der Waals surface area (Å²) >= 11 is 0. The Morgan fingerprint density at radius 1 is 1.04 bits per heavy atom. The highest BCUT2D eigenvalue weighted by atomic mass is 16.1. The van der Waals surface area contributed by atoms with Crippen LogP contribution in [0.2, 0.25) is 0 Å². The summed E-state index contributed by atoms with van der Waals surface area (Å²) < 4.78 is 0. The van der Waals surface area contributed by atoms with Crippen LogP contribution in [0.5, 0.6) is 0 Å². The zero-order valence-corrected chi connectivity index (χ0v) is 13.0. The van der Waals surface area contributed by atoms with Crippen molar-refractivity contribution in [2.45, 2.75) is 0 Å². The van der Waals surface area contributed by atoms with Crippen LogP contribution in [0, 0.1) is 0 Å². The van der Waals surface area contributed by atoms with Gasteiger partial charge in [-0.2, -0.15) is 0 Å². The molecule has 0 fully saturated rings. The molecule has 3 rings (SSSR count). The van der Waals surface area contributed by atoms with Crippen LogP contribution >= 0.6 is 0 Å². The van der Waals surface area contributed by atoms with Gasteiger partial charge in [0.05, 0.1) is 11.7 Å². The number of nitrogens with one attached hydrogen (secondary N) is 2. The summed E-state index contributed by atoms with van der Waals surface area (Å²) in [6.07, 6.45) is 9.90. The van der Waals surface area contributed by atoms with E-state index >= 15 is 0 Å². The van der Waals surface area contributed by atoms with Gasteiger partial charge in [-0.05, 0) is 12.1 Å². The molecule has 0 radical (unpaired) electrons. The number of aromatic nitrogens is 3. The molecular formula is C18H17N5O. The Labute approximate surface area is 139 Å². The van der Waals surface area contributed by atoms with Gasteiger partial charge in [0.1, 0.15) is 5.82 Å². The van der Waals surface area contributed by atoms with Gasteiger partial charge in [-0.1, -0.05) is 24.3 Å². The van der Waals surface area contributed by atoms with Crippen molar-refractivity contribution in [2.24, 2.45) is 0 Å². The second-order valence-electron chi connectivity index (χ2n) is 5.06. The van der Waals surface area contributed by atoms with E-state index in [4.69, 9.17) is 0 Å². The molecule has 2 N–H and O–H groups in total. The van der Waals surface area contributed by atoms with Gasteiger partial charge in [-0.15, -0.1) is 0 Å². The van der Waals surface area contributed by atoms with E-state index in [9.17, 15) is 4.79 Å². The average Bonchev–Trinajstić information content (AvgIpc) is 2.64. The molecule has 3 aromatic rings. The molecule has 120 valence electrons. The Morgan fingerprint density at radius 3 is 2.83 bits per heavy atom. The van der Waals surface area contributed by atoms with Crippen molar-refractivity contribution in [3.05, 3.63) is 66.8 Å². The fourth-order valence-electron chi connectivity index (χ4n) is 2.25. The van der Waals surface area contributed by atoms with Crippen molar-refractivity contribution in [3.8, 4) is 0 Å². The summed E-state index contributed by atoms with van der Waals surface area (Å²) in [5, 5.41) is 6.94. The Hall–Kier alpha value is -3.28. The lowest BCUT2D eigenvalue weighted by Crippen LogP contribution is -2.27. The van der Waals surface area contributed by atoms with Crippen LogP contribution in [0.25, 0.3) is 17.0 Å². The second kappa shape index (κ2) is 7.82. The number of hydrogen-bond donors (Lipinski definition) is 2. The van der Waals surface area contributed by atoms with Crippen LogP contribution < -0.4 is 10.6 Å². The van der Waals surface area contributed by atoms with Gasteiger partial charge in [-0.3, -0.25) is 14.8 Å². The van der Waals surface area contributed by atoms with Crippen molar-refractivity contribution in [2.75, 3.05) is 18.4 Å². The second-order valence-corrected chi connectivity index (χ2v) is 5.06. The fraction of sp³-hybridized carbons (Fsp3) is 0.111. The van der Waals surface area contributed by atoms with Crippen molar-refractivity contribution in [1.82, 2.24) is 20.3 Å². The Balaban J connectivity index is 1.52. The average molecular weight is 319 g/mol. The summed E-state index contributed by atoms with van der Waals surface area (Å²) in [5.74, 6) is 0.535. The number of para-hydroxylation sites is 1. The van der Waals surface area contributed by atoms with Gasteiger partial charge < -0.3 is 10.6 Å². The first-order chi connectivity index (χ1) is 11.8. The zero-order chi connectivity index (χ0) is 16.6. The third-order valence-corrected chi connectivity index (χ3v) is 3.37. The predicted octanol–water partition coefficient (Wildman–Crippen LogP) is 2.27. The monoisotopic (exact) mass is 319 g/mol. The first kappa shape index (κ1) is 15.6. The molecule has 24 heavy (non-hydrogen) atoms. The molecular weight excluding hydrogens is 302 g/mol.